The van der Waals surface area contributed by atoms with E-state index in [1.165, 1.54) is 5.92 Å². The Kier molecular flexibility index (Phi) is 1.46. The van der Waals surface area contributed by atoms with Gasteiger partial charge in [0.15, 0.2) is 0 Å². The van der Waals surface area contributed by atoms with E-state index in [-0.39, 0.29) is 0 Å². The van der Waals surface area contributed by atoms with Gasteiger partial charge in [-0.3, -0.25) is 5.10 Å². The fourth-order valence-electron chi connectivity index (χ4n) is 0.970. The first-order valence-electron chi connectivity index (χ1n) is 3.18. The highest BCUT2D eigenvalue weighted by atomic mass is 15.1. The molecule has 1 heterocycles. The van der Waals surface area contributed by atoms with Crippen LogP contribution in [-0.4, -0.2) is 10.2 Å². The number of aromatic amines is 1. The molecule has 1 aromatic rings. The van der Waals surface area contributed by atoms with Gasteiger partial charge in [0.2, 0.25) is 0 Å². The summed E-state index contributed by atoms with van der Waals surface area (Å²) in [6, 6.07) is 1.95. The van der Waals surface area contributed by atoms with Crippen LogP contribution in [0.1, 0.15) is 5.69 Å². The summed E-state index contributed by atoms with van der Waals surface area (Å²) in [6.07, 6.45) is 9.87. The maximum absolute atomic E-state index is 3.85. The van der Waals surface area contributed by atoms with Crippen LogP contribution < -0.4 is 0 Å². The summed E-state index contributed by atoms with van der Waals surface area (Å²) >= 11 is 0. The largest absolute Gasteiger partial charge is 0.282 e. The molecule has 1 N–H and O–H groups in total. The molecule has 1 aromatic heterocycles. The molecule has 0 saturated heterocycles. The number of hydrogen-bond donors (Lipinski definition) is 1. The molecule has 0 aromatic carbocycles. The molecule has 0 unspecified atom stereocenters. The van der Waals surface area contributed by atoms with Crippen molar-refractivity contribution in [1.29, 1.82) is 0 Å². The van der Waals surface area contributed by atoms with Crippen LogP contribution in [0, 0.1) is 31.6 Å². The summed E-state index contributed by atoms with van der Waals surface area (Å²) in [6.45, 7) is 0. The first kappa shape index (κ1) is 5.96. The Morgan fingerprint density at radius 1 is 1.20 bits per heavy atom. The van der Waals surface area contributed by atoms with E-state index in [2.05, 4.69) is 10.2 Å². The summed E-state index contributed by atoms with van der Waals surface area (Å²) < 4.78 is 0. The van der Waals surface area contributed by atoms with Gasteiger partial charge in [-0.1, -0.05) is 0 Å². The summed E-state index contributed by atoms with van der Waals surface area (Å²) in [4.78, 5) is 0. The lowest BCUT2D eigenvalue weighted by molar-refractivity contribution is 1.03. The van der Waals surface area contributed by atoms with Gasteiger partial charge in [0.25, 0.3) is 0 Å². The lowest BCUT2D eigenvalue weighted by atomic mass is 10.1. The predicted octanol–water partition coefficient (Wildman–Crippen LogP) is 1.16. The van der Waals surface area contributed by atoms with Crippen LogP contribution in [0.2, 0.25) is 0 Å². The van der Waals surface area contributed by atoms with E-state index < -0.39 is 0 Å². The topological polar surface area (TPSA) is 28.7 Å². The molecule has 0 aliphatic heterocycles. The number of nitrogens with one attached hydrogen (secondary N) is 1. The van der Waals surface area contributed by atoms with E-state index in [1.807, 2.05) is 31.7 Å². The average Bonchev–Trinajstić information content (AvgIpc) is 2.59. The molecule has 10 heavy (non-hydrogen) atoms. The lowest BCUT2D eigenvalue weighted by Crippen LogP contribution is -1.94. The highest BCUT2D eigenvalue weighted by molar-refractivity contribution is 5.46. The standard InChI is InChI=1S/C8H7N2/c1-2-4-7(3-1)8-5-6-9-10-8/h1-6H,(H,9,10). The Bertz CT molecular complexity index is 185. The zero-order valence-electron chi connectivity index (χ0n) is 5.41. The second kappa shape index (κ2) is 2.45. The third-order valence-electron chi connectivity index (χ3n) is 1.47. The smallest absolute Gasteiger partial charge is 0.0490 e. The van der Waals surface area contributed by atoms with E-state index in [1.54, 1.807) is 6.20 Å². The molecular weight excluding hydrogens is 124 g/mol. The van der Waals surface area contributed by atoms with Gasteiger partial charge >= 0.3 is 0 Å². The third-order valence-corrected chi connectivity index (χ3v) is 1.47. The van der Waals surface area contributed by atoms with Crippen molar-refractivity contribution >= 4 is 0 Å². The number of nitrogens with zero attached hydrogens (tertiary/aromatic N) is 1. The van der Waals surface area contributed by atoms with Crippen molar-refractivity contribution in [2.24, 2.45) is 0 Å². The minimum Gasteiger partial charge on any atom is -0.282 e. The molecule has 1 fully saturated rings. The van der Waals surface area contributed by atoms with Gasteiger partial charge in [-0.15, -0.1) is 0 Å². The molecular formula is C8H7N2. The summed E-state index contributed by atoms with van der Waals surface area (Å²) in [7, 11) is 0. The van der Waals surface area contributed by atoms with Crippen LogP contribution in [0.25, 0.3) is 0 Å². The van der Waals surface area contributed by atoms with Crippen molar-refractivity contribution in [2.45, 2.75) is 0 Å². The van der Waals surface area contributed by atoms with E-state index in [9.17, 15) is 0 Å². The fraction of sp³-hybridized carbons (Fsp3) is 0. The van der Waals surface area contributed by atoms with Crippen molar-refractivity contribution in [3.05, 3.63) is 49.6 Å². The predicted molar refractivity (Wildman–Crippen MR) is 38.1 cm³/mol. The molecule has 0 bridgehead atoms. The van der Waals surface area contributed by atoms with Crippen LogP contribution in [0.5, 0.6) is 0 Å². The molecule has 2 rings (SSSR count). The van der Waals surface area contributed by atoms with E-state index in [4.69, 9.17) is 0 Å². The number of H-pyrrole nitrogens is 1. The third kappa shape index (κ3) is 0.939. The average molecular weight is 131 g/mol. The minimum atomic E-state index is 1.07. The van der Waals surface area contributed by atoms with Crippen molar-refractivity contribution in [2.75, 3.05) is 0 Å². The Morgan fingerprint density at radius 2 is 2.00 bits per heavy atom. The van der Waals surface area contributed by atoms with Gasteiger partial charge in [-0.2, -0.15) is 5.10 Å². The summed E-state index contributed by atoms with van der Waals surface area (Å²) in [5.41, 5.74) is 1.07. The SMILES string of the molecule is [CH]1[CH][CH][C](c2ccn[nH]2)[CH]1. The van der Waals surface area contributed by atoms with Crippen molar-refractivity contribution in [1.82, 2.24) is 10.2 Å². The quantitative estimate of drug-likeness (QED) is 0.608. The van der Waals surface area contributed by atoms with Gasteiger partial charge in [0, 0.05) is 17.8 Å². The van der Waals surface area contributed by atoms with Crippen molar-refractivity contribution in [3.8, 4) is 0 Å². The van der Waals surface area contributed by atoms with Gasteiger partial charge in [-0.05, 0) is 31.7 Å². The van der Waals surface area contributed by atoms with Crippen LogP contribution in [0.4, 0.5) is 0 Å². The Labute approximate surface area is 60.6 Å². The molecule has 49 valence electrons. The van der Waals surface area contributed by atoms with Crippen LogP contribution in [0.3, 0.4) is 0 Å². The number of rotatable bonds is 1. The van der Waals surface area contributed by atoms with E-state index in [0.717, 1.165) is 5.69 Å². The second-order valence-electron chi connectivity index (χ2n) is 2.14. The molecule has 1 aliphatic carbocycles. The highest BCUT2D eigenvalue weighted by Crippen LogP contribution is 2.27. The molecule has 1 saturated carbocycles. The molecule has 0 atom stereocenters. The van der Waals surface area contributed by atoms with Crippen molar-refractivity contribution < 1.29 is 0 Å². The van der Waals surface area contributed by atoms with Crippen molar-refractivity contribution in [3.63, 3.8) is 0 Å². The number of aromatic nitrogens is 2. The molecule has 1 aliphatic rings. The molecule has 2 heteroatoms. The second-order valence-corrected chi connectivity index (χ2v) is 2.14. The van der Waals surface area contributed by atoms with E-state index in [0.29, 0.717) is 0 Å². The first-order chi connectivity index (χ1) is 4.97. The normalized spacial score (nSPS) is 20.0. The maximum Gasteiger partial charge on any atom is 0.0490 e. The first-order valence-corrected chi connectivity index (χ1v) is 3.18. The van der Waals surface area contributed by atoms with Gasteiger partial charge in [-0.25, -0.2) is 0 Å². The van der Waals surface area contributed by atoms with Gasteiger partial charge in [0.1, 0.15) is 0 Å². The fourth-order valence-corrected chi connectivity index (χ4v) is 0.970. The lowest BCUT2D eigenvalue weighted by Gasteiger charge is -2.01. The number of hydrogen-bond acceptors (Lipinski definition) is 1. The summed E-state index contributed by atoms with van der Waals surface area (Å²) in [5.74, 6) is 1.19. The van der Waals surface area contributed by atoms with Crippen LogP contribution >= 0.6 is 0 Å². The van der Waals surface area contributed by atoms with Crippen LogP contribution in [-0.2, 0) is 0 Å². The van der Waals surface area contributed by atoms with Gasteiger partial charge < -0.3 is 0 Å². The Morgan fingerprint density at radius 3 is 2.60 bits per heavy atom. The monoisotopic (exact) mass is 131 g/mol. The molecule has 5 radical (unpaired) electrons. The zero-order valence-corrected chi connectivity index (χ0v) is 5.41. The Balaban J connectivity index is 2.12. The van der Waals surface area contributed by atoms with E-state index >= 15 is 0 Å². The molecule has 0 amide bonds. The maximum atomic E-state index is 3.85. The zero-order chi connectivity index (χ0) is 6.81. The Hall–Kier alpha value is -0.790. The summed E-state index contributed by atoms with van der Waals surface area (Å²) in [5, 5.41) is 6.74. The van der Waals surface area contributed by atoms with Crippen LogP contribution in [0.15, 0.2) is 12.3 Å². The van der Waals surface area contributed by atoms with Gasteiger partial charge in [0.05, 0.1) is 0 Å². The highest BCUT2D eigenvalue weighted by Gasteiger charge is 2.19. The molecule has 0 spiro atoms. The minimum absolute atomic E-state index is 1.07. The molecule has 2 nitrogen and oxygen atoms in total.